The van der Waals surface area contributed by atoms with Crippen LogP contribution in [0.3, 0.4) is 0 Å². The average Bonchev–Trinajstić information content (AvgIpc) is 2.87. The van der Waals surface area contributed by atoms with Gasteiger partial charge in [-0.25, -0.2) is 0 Å². The van der Waals surface area contributed by atoms with Gasteiger partial charge in [0.25, 0.3) is 0 Å². The van der Waals surface area contributed by atoms with Gasteiger partial charge in [0, 0.05) is 17.8 Å². The number of benzene rings is 1. The van der Waals surface area contributed by atoms with E-state index >= 15 is 0 Å². The molecule has 0 spiro atoms. The number of hydrogen-bond donors (Lipinski definition) is 1. The fraction of sp³-hybridized carbons (Fsp3) is 0.533. The number of hydrogen-bond acceptors (Lipinski definition) is 3. The lowest BCUT2D eigenvalue weighted by Crippen LogP contribution is -2.53. The lowest BCUT2D eigenvalue weighted by atomic mass is 9.62. The summed E-state index contributed by atoms with van der Waals surface area (Å²) in [6.07, 6.45) is 3.22. The van der Waals surface area contributed by atoms with E-state index in [2.05, 4.69) is 23.5 Å². The van der Waals surface area contributed by atoms with Crippen LogP contribution in [-0.4, -0.2) is 23.6 Å². The summed E-state index contributed by atoms with van der Waals surface area (Å²) in [7, 11) is 0. The van der Waals surface area contributed by atoms with Crippen LogP contribution in [0.15, 0.2) is 30.3 Å². The Morgan fingerprint density at radius 1 is 1.22 bits per heavy atom. The molecule has 1 unspecified atom stereocenters. The van der Waals surface area contributed by atoms with Crippen molar-refractivity contribution in [1.29, 1.82) is 5.26 Å². The standard InChI is InChI=1S/C15H18N2S/c16-11-15(12-4-2-1-3-5-12)8-14(9-15)17-13-6-7-18-10-13/h1-5,13-14,17H,6-10H2. The van der Waals surface area contributed by atoms with Crippen LogP contribution < -0.4 is 5.32 Å². The highest BCUT2D eigenvalue weighted by Gasteiger charge is 2.46. The molecule has 2 aliphatic rings. The molecule has 1 aromatic rings. The summed E-state index contributed by atoms with van der Waals surface area (Å²) in [5, 5.41) is 13.2. The molecule has 18 heavy (non-hydrogen) atoms. The minimum Gasteiger partial charge on any atom is -0.310 e. The van der Waals surface area contributed by atoms with E-state index in [-0.39, 0.29) is 5.41 Å². The number of nitrogens with one attached hydrogen (secondary N) is 1. The second kappa shape index (κ2) is 4.95. The maximum Gasteiger partial charge on any atom is 0.0852 e. The Morgan fingerprint density at radius 2 is 2.00 bits per heavy atom. The summed E-state index contributed by atoms with van der Waals surface area (Å²) in [4.78, 5) is 0. The SMILES string of the molecule is N#CC1(c2ccccc2)CC(NC2CCSC2)C1. The van der Waals surface area contributed by atoms with Crippen molar-refractivity contribution in [3.8, 4) is 6.07 Å². The maximum absolute atomic E-state index is 9.49. The molecule has 0 amide bonds. The molecule has 0 bridgehead atoms. The van der Waals surface area contributed by atoms with Crippen LogP contribution in [0, 0.1) is 11.3 Å². The summed E-state index contributed by atoms with van der Waals surface area (Å²) in [6.45, 7) is 0. The van der Waals surface area contributed by atoms with Gasteiger partial charge in [-0.05, 0) is 30.6 Å². The van der Waals surface area contributed by atoms with Gasteiger partial charge in [0.1, 0.15) is 0 Å². The van der Waals surface area contributed by atoms with Gasteiger partial charge in [0.05, 0.1) is 11.5 Å². The molecule has 1 heterocycles. The maximum atomic E-state index is 9.49. The van der Waals surface area contributed by atoms with Crippen molar-refractivity contribution >= 4 is 11.8 Å². The molecule has 1 saturated carbocycles. The molecule has 1 aromatic carbocycles. The molecular formula is C15H18N2S. The van der Waals surface area contributed by atoms with Crippen LogP contribution in [0.2, 0.25) is 0 Å². The molecule has 94 valence electrons. The molecule has 1 saturated heterocycles. The molecule has 1 atom stereocenters. The van der Waals surface area contributed by atoms with Crippen LogP contribution in [0.1, 0.15) is 24.8 Å². The summed E-state index contributed by atoms with van der Waals surface area (Å²) in [5.74, 6) is 2.52. The Balaban J connectivity index is 1.63. The molecule has 0 aromatic heterocycles. The minimum atomic E-state index is -0.231. The summed E-state index contributed by atoms with van der Waals surface area (Å²) < 4.78 is 0. The Labute approximate surface area is 113 Å². The summed E-state index contributed by atoms with van der Waals surface area (Å²) in [5.41, 5.74) is 0.955. The predicted molar refractivity (Wildman–Crippen MR) is 75.6 cm³/mol. The topological polar surface area (TPSA) is 35.8 Å². The Kier molecular flexibility index (Phi) is 3.32. The van der Waals surface area contributed by atoms with E-state index in [0.29, 0.717) is 12.1 Å². The van der Waals surface area contributed by atoms with E-state index < -0.39 is 0 Å². The second-order valence-electron chi connectivity index (χ2n) is 5.39. The van der Waals surface area contributed by atoms with E-state index in [1.807, 2.05) is 30.0 Å². The van der Waals surface area contributed by atoms with Gasteiger partial charge >= 0.3 is 0 Å². The molecule has 0 radical (unpaired) electrons. The van der Waals surface area contributed by atoms with Crippen molar-refractivity contribution in [2.75, 3.05) is 11.5 Å². The average molecular weight is 258 g/mol. The van der Waals surface area contributed by atoms with Crippen molar-refractivity contribution in [1.82, 2.24) is 5.32 Å². The van der Waals surface area contributed by atoms with Gasteiger partial charge in [-0.2, -0.15) is 17.0 Å². The van der Waals surface area contributed by atoms with Crippen LogP contribution in [0.25, 0.3) is 0 Å². The number of nitrogens with zero attached hydrogens (tertiary/aromatic N) is 1. The molecule has 2 fully saturated rings. The van der Waals surface area contributed by atoms with E-state index in [9.17, 15) is 5.26 Å². The molecule has 3 rings (SSSR count). The quantitative estimate of drug-likeness (QED) is 0.905. The molecular weight excluding hydrogens is 240 g/mol. The highest BCUT2D eigenvalue weighted by molar-refractivity contribution is 7.99. The first-order chi connectivity index (χ1) is 8.82. The number of rotatable bonds is 3. The zero-order chi connectivity index (χ0) is 12.4. The van der Waals surface area contributed by atoms with Gasteiger partial charge in [0.2, 0.25) is 0 Å². The number of thioether (sulfide) groups is 1. The molecule has 2 nitrogen and oxygen atoms in total. The highest BCUT2D eigenvalue weighted by atomic mass is 32.2. The van der Waals surface area contributed by atoms with Crippen molar-refractivity contribution in [2.24, 2.45) is 0 Å². The number of nitriles is 1. The van der Waals surface area contributed by atoms with Crippen LogP contribution >= 0.6 is 11.8 Å². The second-order valence-corrected chi connectivity index (χ2v) is 6.54. The summed E-state index contributed by atoms with van der Waals surface area (Å²) in [6, 6.07) is 14.0. The molecule has 3 heteroatoms. The van der Waals surface area contributed by atoms with E-state index in [0.717, 1.165) is 12.8 Å². The first kappa shape index (κ1) is 12.1. The fourth-order valence-corrected chi connectivity index (χ4v) is 4.21. The monoisotopic (exact) mass is 258 g/mol. The first-order valence-electron chi connectivity index (χ1n) is 6.63. The molecule has 1 aliphatic carbocycles. The van der Waals surface area contributed by atoms with Gasteiger partial charge in [-0.1, -0.05) is 30.3 Å². The lowest BCUT2D eigenvalue weighted by molar-refractivity contribution is 0.213. The van der Waals surface area contributed by atoms with E-state index in [1.54, 1.807) is 0 Å². The third-order valence-electron chi connectivity index (χ3n) is 4.13. The van der Waals surface area contributed by atoms with Crippen molar-refractivity contribution in [3.05, 3.63) is 35.9 Å². The van der Waals surface area contributed by atoms with Gasteiger partial charge in [-0.15, -0.1) is 0 Å². The van der Waals surface area contributed by atoms with Crippen LogP contribution in [-0.2, 0) is 5.41 Å². The normalized spacial score (nSPS) is 34.8. The first-order valence-corrected chi connectivity index (χ1v) is 7.78. The molecule has 1 N–H and O–H groups in total. The Hall–Kier alpha value is -0.980. The van der Waals surface area contributed by atoms with Gasteiger partial charge < -0.3 is 5.32 Å². The minimum absolute atomic E-state index is 0.231. The third kappa shape index (κ3) is 2.15. The smallest absolute Gasteiger partial charge is 0.0852 e. The third-order valence-corrected chi connectivity index (χ3v) is 5.29. The van der Waals surface area contributed by atoms with E-state index in [1.165, 1.54) is 23.5 Å². The Morgan fingerprint density at radius 3 is 2.61 bits per heavy atom. The lowest BCUT2D eigenvalue weighted by Gasteiger charge is -2.44. The molecule has 1 aliphatic heterocycles. The zero-order valence-electron chi connectivity index (χ0n) is 10.4. The van der Waals surface area contributed by atoms with E-state index in [4.69, 9.17) is 0 Å². The largest absolute Gasteiger partial charge is 0.310 e. The van der Waals surface area contributed by atoms with Gasteiger partial charge in [0.15, 0.2) is 0 Å². The Bertz CT molecular complexity index is 439. The van der Waals surface area contributed by atoms with Crippen LogP contribution in [0.5, 0.6) is 0 Å². The summed E-state index contributed by atoms with van der Waals surface area (Å²) >= 11 is 2.03. The fourth-order valence-electron chi connectivity index (χ4n) is 3.05. The predicted octanol–water partition coefficient (Wildman–Crippen LogP) is 2.71. The van der Waals surface area contributed by atoms with Crippen molar-refractivity contribution in [3.63, 3.8) is 0 Å². The zero-order valence-corrected chi connectivity index (χ0v) is 11.2. The van der Waals surface area contributed by atoms with Crippen molar-refractivity contribution in [2.45, 2.75) is 36.8 Å². The van der Waals surface area contributed by atoms with Crippen molar-refractivity contribution < 1.29 is 0 Å². The van der Waals surface area contributed by atoms with Gasteiger partial charge in [-0.3, -0.25) is 0 Å². The van der Waals surface area contributed by atoms with Crippen LogP contribution in [0.4, 0.5) is 0 Å². The highest BCUT2D eigenvalue weighted by Crippen LogP contribution is 2.43.